The summed E-state index contributed by atoms with van der Waals surface area (Å²) in [6, 6.07) is 14.7. The van der Waals surface area contributed by atoms with Gasteiger partial charge in [-0.1, -0.05) is 31.2 Å². The van der Waals surface area contributed by atoms with Crippen LogP contribution < -0.4 is 10.5 Å². The molecule has 0 aliphatic heterocycles. The lowest BCUT2D eigenvalue weighted by atomic mass is 10.0. The van der Waals surface area contributed by atoms with Crippen LogP contribution in [0.5, 0.6) is 5.75 Å². The third kappa shape index (κ3) is 4.97. The molecule has 112 valence electrons. The molecule has 2 N–H and O–H groups in total. The van der Waals surface area contributed by atoms with Crippen LogP contribution in [-0.4, -0.2) is 6.04 Å². The highest BCUT2D eigenvalue weighted by molar-refractivity contribution is 14.1. The van der Waals surface area contributed by atoms with Gasteiger partial charge in [0.05, 0.1) is 4.47 Å². The van der Waals surface area contributed by atoms with Crippen molar-refractivity contribution in [3.63, 3.8) is 0 Å². The molecule has 0 amide bonds. The van der Waals surface area contributed by atoms with E-state index in [0.717, 1.165) is 34.2 Å². The van der Waals surface area contributed by atoms with E-state index in [0.29, 0.717) is 6.61 Å². The molecule has 0 radical (unpaired) electrons. The highest BCUT2D eigenvalue weighted by Gasteiger charge is 2.11. The van der Waals surface area contributed by atoms with Gasteiger partial charge >= 0.3 is 0 Å². The summed E-state index contributed by atoms with van der Waals surface area (Å²) in [6.07, 6.45) is 1.79. The van der Waals surface area contributed by atoms with Crippen molar-refractivity contribution in [1.82, 2.24) is 0 Å². The van der Waals surface area contributed by atoms with E-state index >= 15 is 0 Å². The van der Waals surface area contributed by atoms with Crippen molar-refractivity contribution in [2.24, 2.45) is 5.73 Å². The highest BCUT2D eigenvalue weighted by Crippen LogP contribution is 2.30. The lowest BCUT2D eigenvalue weighted by Crippen LogP contribution is -2.21. The Kier molecular flexibility index (Phi) is 6.51. The molecule has 0 saturated heterocycles. The van der Waals surface area contributed by atoms with E-state index in [-0.39, 0.29) is 6.04 Å². The van der Waals surface area contributed by atoms with E-state index in [2.05, 4.69) is 75.8 Å². The van der Waals surface area contributed by atoms with Crippen molar-refractivity contribution in [1.29, 1.82) is 0 Å². The number of rotatable bonds is 6. The smallest absolute Gasteiger partial charge is 0.137 e. The van der Waals surface area contributed by atoms with E-state index in [1.165, 1.54) is 3.57 Å². The fourth-order valence-electron chi connectivity index (χ4n) is 2.04. The third-order valence-corrected chi connectivity index (χ3v) is 4.70. The van der Waals surface area contributed by atoms with Gasteiger partial charge in [-0.3, -0.25) is 0 Å². The van der Waals surface area contributed by atoms with Crippen LogP contribution in [0, 0.1) is 3.57 Å². The molecule has 0 aliphatic rings. The van der Waals surface area contributed by atoms with Crippen molar-refractivity contribution in [3.8, 4) is 5.75 Å². The zero-order chi connectivity index (χ0) is 15.2. The Balaban J connectivity index is 2.12. The zero-order valence-corrected chi connectivity index (χ0v) is 15.7. The minimum Gasteiger partial charge on any atom is -0.487 e. The van der Waals surface area contributed by atoms with Gasteiger partial charge in [-0.25, -0.2) is 0 Å². The van der Waals surface area contributed by atoms with Crippen LogP contribution >= 0.6 is 38.5 Å². The average molecular weight is 460 g/mol. The molecule has 0 heterocycles. The van der Waals surface area contributed by atoms with Crippen LogP contribution in [0.2, 0.25) is 0 Å². The number of hydrogen-bond acceptors (Lipinski definition) is 2. The lowest BCUT2D eigenvalue weighted by Gasteiger charge is -2.16. The molecule has 2 aromatic carbocycles. The maximum Gasteiger partial charge on any atom is 0.137 e. The maximum atomic E-state index is 6.08. The predicted octanol–water partition coefficient (Wildman–Crippen LogP) is 4.91. The zero-order valence-electron chi connectivity index (χ0n) is 12.0. The minimum absolute atomic E-state index is 0.167. The molecule has 0 aromatic heterocycles. The van der Waals surface area contributed by atoms with Gasteiger partial charge in [0.25, 0.3) is 0 Å². The maximum absolute atomic E-state index is 6.08. The Morgan fingerprint density at radius 3 is 2.57 bits per heavy atom. The third-order valence-electron chi connectivity index (χ3n) is 3.35. The summed E-state index contributed by atoms with van der Waals surface area (Å²) in [4.78, 5) is 0. The Morgan fingerprint density at radius 2 is 1.90 bits per heavy atom. The van der Waals surface area contributed by atoms with Crippen molar-refractivity contribution >= 4 is 38.5 Å². The molecule has 0 spiro atoms. The van der Waals surface area contributed by atoms with E-state index in [9.17, 15) is 0 Å². The Morgan fingerprint density at radius 1 is 1.19 bits per heavy atom. The molecular weight excluding hydrogens is 441 g/mol. The molecule has 0 bridgehead atoms. The van der Waals surface area contributed by atoms with Crippen molar-refractivity contribution in [2.75, 3.05) is 0 Å². The molecule has 2 aromatic rings. The van der Waals surface area contributed by atoms with Gasteiger partial charge < -0.3 is 10.5 Å². The fourth-order valence-corrected chi connectivity index (χ4v) is 2.92. The van der Waals surface area contributed by atoms with Gasteiger partial charge in [0.1, 0.15) is 12.4 Å². The molecule has 0 saturated carbocycles. The number of halogens is 2. The van der Waals surface area contributed by atoms with E-state index in [1.807, 2.05) is 12.1 Å². The number of ether oxygens (including phenoxy) is 1. The summed E-state index contributed by atoms with van der Waals surface area (Å²) < 4.78 is 8.24. The number of nitrogens with two attached hydrogens (primary N) is 1. The van der Waals surface area contributed by atoms with Gasteiger partial charge in [-0.15, -0.1) is 0 Å². The topological polar surface area (TPSA) is 35.2 Å². The van der Waals surface area contributed by atoms with Crippen LogP contribution in [0.1, 0.15) is 24.5 Å². The molecule has 0 fully saturated rings. The van der Waals surface area contributed by atoms with Crippen molar-refractivity contribution < 1.29 is 4.74 Å². The molecule has 4 heteroatoms. The average Bonchev–Trinajstić information content (AvgIpc) is 2.48. The van der Waals surface area contributed by atoms with E-state index < -0.39 is 0 Å². The molecular formula is C17H19BrINO. The molecule has 1 atom stereocenters. The van der Waals surface area contributed by atoms with Crippen LogP contribution in [0.25, 0.3) is 0 Å². The summed E-state index contributed by atoms with van der Waals surface area (Å²) >= 11 is 5.88. The van der Waals surface area contributed by atoms with Gasteiger partial charge in [0.15, 0.2) is 0 Å². The monoisotopic (exact) mass is 459 g/mol. The summed E-state index contributed by atoms with van der Waals surface area (Å²) in [5.41, 5.74) is 8.40. The van der Waals surface area contributed by atoms with Gasteiger partial charge in [0, 0.05) is 9.61 Å². The second kappa shape index (κ2) is 8.15. The second-order valence-electron chi connectivity index (χ2n) is 5.02. The molecule has 2 rings (SSSR count). The Hall–Kier alpha value is -0.590. The lowest BCUT2D eigenvalue weighted by molar-refractivity contribution is 0.300. The number of benzene rings is 2. The van der Waals surface area contributed by atoms with Gasteiger partial charge in [-0.05, 0) is 80.7 Å². The largest absolute Gasteiger partial charge is 0.487 e. The van der Waals surface area contributed by atoms with Gasteiger partial charge in [0.2, 0.25) is 0 Å². The standard InChI is InChI=1S/C17H19BrINO/c1-2-15(20)10-13-4-3-5-16(18)17(13)21-11-12-6-8-14(19)9-7-12/h3-9,15H,2,10-11,20H2,1H3. The molecule has 2 nitrogen and oxygen atoms in total. The summed E-state index contributed by atoms with van der Waals surface area (Å²) in [7, 11) is 0. The first-order valence-electron chi connectivity index (χ1n) is 7.00. The number of hydrogen-bond donors (Lipinski definition) is 1. The molecule has 1 unspecified atom stereocenters. The second-order valence-corrected chi connectivity index (χ2v) is 7.12. The van der Waals surface area contributed by atoms with Crippen molar-refractivity contribution in [3.05, 3.63) is 61.6 Å². The normalized spacial score (nSPS) is 12.2. The summed E-state index contributed by atoms with van der Waals surface area (Å²) in [5, 5.41) is 0. The van der Waals surface area contributed by atoms with Crippen LogP contribution in [0.15, 0.2) is 46.9 Å². The number of para-hydroxylation sites is 1. The van der Waals surface area contributed by atoms with E-state index in [1.54, 1.807) is 0 Å². The minimum atomic E-state index is 0.167. The molecule has 0 aliphatic carbocycles. The Labute approximate surface area is 148 Å². The van der Waals surface area contributed by atoms with Crippen LogP contribution in [-0.2, 0) is 13.0 Å². The quantitative estimate of drug-likeness (QED) is 0.622. The van der Waals surface area contributed by atoms with E-state index in [4.69, 9.17) is 10.5 Å². The first-order valence-corrected chi connectivity index (χ1v) is 8.87. The SMILES string of the molecule is CCC(N)Cc1cccc(Br)c1OCc1ccc(I)cc1. The molecule has 21 heavy (non-hydrogen) atoms. The first kappa shape index (κ1) is 16.8. The first-order chi connectivity index (χ1) is 10.1. The Bertz CT molecular complexity index is 586. The highest BCUT2D eigenvalue weighted by atomic mass is 127. The van der Waals surface area contributed by atoms with Crippen LogP contribution in [0.3, 0.4) is 0 Å². The summed E-state index contributed by atoms with van der Waals surface area (Å²) in [6.45, 7) is 2.67. The van der Waals surface area contributed by atoms with Crippen molar-refractivity contribution in [2.45, 2.75) is 32.4 Å². The fraction of sp³-hybridized carbons (Fsp3) is 0.294. The van der Waals surface area contributed by atoms with Gasteiger partial charge in [-0.2, -0.15) is 0 Å². The van der Waals surface area contributed by atoms with Crippen LogP contribution in [0.4, 0.5) is 0 Å². The summed E-state index contributed by atoms with van der Waals surface area (Å²) in [5.74, 6) is 0.903. The predicted molar refractivity (Wildman–Crippen MR) is 99.6 cm³/mol.